The Hall–Kier alpha value is -1.10. The van der Waals surface area contributed by atoms with Crippen LogP contribution in [0.15, 0.2) is 0 Å². The predicted molar refractivity (Wildman–Crippen MR) is 76.2 cm³/mol. The van der Waals surface area contributed by atoms with Crippen LogP contribution in [0.3, 0.4) is 0 Å². The number of amides is 2. The van der Waals surface area contributed by atoms with Gasteiger partial charge in [-0.1, -0.05) is 19.3 Å². The van der Waals surface area contributed by atoms with Crippen molar-refractivity contribution in [1.82, 2.24) is 10.2 Å². The summed E-state index contributed by atoms with van der Waals surface area (Å²) in [6, 6.07) is -0.733. The molecule has 2 fully saturated rings. The van der Waals surface area contributed by atoms with Crippen LogP contribution in [0.2, 0.25) is 0 Å². The molecular weight excluding hydrogens is 256 g/mol. The summed E-state index contributed by atoms with van der Waals surface area (Å²) in [4.78, 5) is 26.6. The number of hydrogen-bond donors (Lipinski definition) is 1. The van der Waals surface area contributed by atoms with Crippen molar-refractivity contribution in [2.24, 2.45) is 5.92 Å². The molecule has 5 nitrogen and oxygen atoms in total. The summed E-state index contributed by atoms with van der Waals surface area (Å²) in [5.74, 6) is 0.320. The van der Waals surface area contributed by atoms with E-state index in [2.05, 4.69) is 5.32 Å². The largest absolute Gasteiger partial charge is 0.380 e. The maximum atomic E-state index is 12.4. The normalized spacial score (nSPS) is 30.2. The Morgan fingerprint density at radius 2 is 1.95 bits per heavy atom. The van der Waals surface area contributed by atoms with Gasteiger partial charge in [-0.25, -0.2) is 0 Å². The molecule has 1 aliphatic heterocycles. The van der Waals surface area contributed by atoms with Gasteiger partial charge in [-0.2, -0.15) is 0 Å². The topological polar surface area (TPSA) is 58.6 Å². The molecule has 5 heteroatoms. The molecule has 0 aromatic heterocycles. The van der Waals surface area contributed by atoms with Crippen LogP contribution in [-0.2, 0) is 14.3 Å². The summed E-state index contributed by atoms with van der Waals surface area (Å²) >= 11 is 0. The number of piperazine rings is 1. The van der Waals surface area contributed by atoms with Crippen molar-refractivity contribution < 1.29 is 14.3 Å². The molecule has 1 saturated carbocycles. The Morgan fingerprint density at radius 1 is 1.30 bits per heavy atom. The fraction of sp³-hybridized carbons (Fsp3) is 0.867. The number of nitrogens with one attached hydrogen (secondary N) is 1. The van der Waals surface area contributed by atoms with Gasteiger partial charge < -0.3 is 15.0 Å². The van der Waals surface area contributed by atoms with E-state index in [4.69, 9.17) is 4.74 Å². The summed E-state index contributed by atoms with van der Waals surface area (Å²) in [5, 5.41) is 2.83. The SMILES string of the molecule is COC(C)CN1C(=O)C(C)NC(=O)C1C1CCCCC1. The second-order valence-corrected chi connectivity index (χ2v) is 6.11. The molecule has 1 N–H and O–H groups in total. The van der Waals surface area contributed by atoms with Gasteiger partial charge in [0.05, 0.1) is 6.10 Å². The van der Waals surface area contributed by atoms with E-state index in [0.717, 1.165) is 25.7 Å². The average Bonchev–Trinajstić information content (AvgIpc) is 2.45. The van der Waals surface area contributed by atoms with Crippen LogP contribution < -0.4 is 5.32 Å². The van der Waals surface area contributed by atoms with Crippen molar-refractivity contribution in [3.8, 4) is 0 Å². The van der Waals surface area contributed by atoms with Gasteiger partial charge in [0.2, 0.25) is 11.8 Å². The fourth-order valence-electron chi connectivity index (χ4n) is 3.36. The smallest absolute Gasteiger partial charge is 0.245 e. The van der Waals surface area contributed by atoms with Gasteiger partial charge >= 0.3 is 0 Å². The first-order valence-corrected chi connectivity index (χ1v) is 7.68. The van der Waals surface area contributed by atoms with Crippen molar-refractivity contribution >= 4 is 11.8 Å². The van der Waals surface area contributed by atoms with Crippen LogP contribution in [0.1, 0.15) is 46.0 Å². The number of hydrogen-bond acceptors (Lipinski definition) is 3. The lowest BCUT2D eigenvalue weighted by atomic mass is 9.81. The molecule has 2 amide bonds. The predicted octanol–water partition coefficient (Wildman–Crippen LogP) is 1.32. The fourth-order valence-corrected chi connectivity index (χ4v) is 3.36. The zero-order valence-electron chi connectivity index (χ0n) is 12.7. The number of nitrogens with zero attached hydrogens (tertiary/aromatic N) is 1. The quantitative estimate of drug-likeness (QED) is 0.846. The minimum atomic E-state index is -0.425. The van der Waals surface area contributed by atoms with E-state index in [1.165, 1.54) is 6.42 Å². The standard InChI is InChI=1S/C15H26N2O3/c1-10(20-3)9-17-13(12-7-5-4-6-8-12)14(18)16-11(2)15(17)19/h10-13H,4-9H2,1-3H3,(H,16,18). The summed E-state index contributed by atoms with van der Waals surface area (Å²) in [6.07, 6.45) is 5.58. The number of carbonyl (C=O) groups excluding carboxylic acids is 2. The highest BCUT2D eigenvalue weighted by atomic mass is 16.5. The molecule has 2 aliphatic rings. The molecule has 114 valence electrons. The summed E-state index contributed by atoms with van der Waals surface area (Å²) < 4.78 is 5.28. The number of rotatable bonds is 4. The van der Waals surface area contributed by atoms with Crippen LogP contribution in [0, 0.1) is 5.92 Å². The third-order valence-electron chi connectivity index (χ3n) is 4.57. The van der Waals surface area contributed by atoms with E-state index in [9.17, 15) is 9.59 Å². The molecule has 0 spiro atoms. The van der Waals surface area contributed by atoms with Gasteiger partial charge in [-0.3, -0.25) is 9.59 Å². The lowest BCUT2D eigenvalue weighted by Gasteiger charge is -2.43. The van der Waals surface area contributed by atoms with Crippen LogP contribution in [-0.4, -0.2) is 48.6 Å². The van der Waals surface area contributed by atoms with E-state index < -0.39 is 6.04 Å². The van der Waals surface area contributed by atoms with Gasteiger partial charge in [0.25, 0.3) is 0 Å². The third-order valence-corrected chi connectivity index (χ3v) is 4.57. The van der Waals surface area contributed by atoms with E-state index in [-0.39, 0.29) is 24.0 Å². The van der Waals surface area contributed by atoms with Crippen LogP contribution in [0.25, 0.3) is 0 Å². The van der Waals surface area contributed by atoms with Crippen LogP contribution >= 0.6 is 0 Å². The Balaban J connectivity index is 2.18. The van der Waals surface area contributed by atoms with E-state index >= 15 is 0 Å². The molecule has 3 unspecified atom stereocenters. The highest BCUT2D eigenvalue weighted by molar-refractivity contribution is 5.96. The highest BCUT2D eigenvalue weighted by Gasteiger charge is 2.43. The van der Waals surface area contributed by atoms with E-state index in [0.29, 0.717) is 12.5 Å². The molecule has 0 aromatic carbocycles. The minimum Gasteiger partial charge on any atom is -0.380 e. The second kappa shape index (κ2) is 6.57. The van der Waals surface area contributed by atoms with Crippen LogP contribution in [0.4, 0.5) is 0 Å². The molecule has 0 radical (unpaired) electrons. The lowest BCUT2D eigenvalue weighted by Crippen LogP contribution is -2.65. The van der Waals surface area contributed by atoms with Crippen molar-refractivity contribution in [2.45, 2.75) is 64.1 Å². The Kier molecular flexibility index (Phi) is 5.02. The summed E-state index contributed by atoms with van der Waals surface area (Å²) in [6.45, 7) is 4.18. The average molecular weight is 282 g/mol. The number of carbonyl (C=O) groups is 2. The first-order valence-electron chi connectivity index (χ1n) is 7.68. The molecule has 1 aliphatic carbocycles. The third kappa shape index (κ3) is 3.14. The zero-order chi connectivity index (χ0) is 14.7. The molecule has 2 rings (SSSR count). The maximum Gasteiger partial charge on any atom is 0.245 e. The second-order valence-electron chi connectivity index (χ2n) is 6.11. The zero-order valence-corrected chi connectivity index (χ0v) is 12.7. The molecule has 0 aromatic rings. The number of methoxy groups -OCH3 is 1. The monoisotopic (exact) mass is 282 g/mol. The van der Waals surface area contributed by atoms with Gasteiger partial charge in [-0.05, 0) is 32.6 Å². The molecular formula is C15H26N2O3. The number of ether oxygens (including phenoxy) is 1. The van der Waals surface area contributed by atoms with Gasteiger partial charge in [-0.15, -0.1) is 0 Å². The van der Waals surface area contributed by atoms with Crippen molar-refractivity contribution in [1.29, 1.82) is 0 Å². The molecule has 1 heterocycles. The Labute approximate surface area is 121 Å². The Morgan fingerprint density at radius 3 is 2.55 bits per heavy atom. The van der Waals surface area contributed by atoms with Gasteiger partial charge in [0.1, 0.15) is 12.1 Å². The minimum absolute atomic E-state index is 0.00676. The van der Waals surface area contributed by atoms with E-state index in [1.54, 1.807) is 18.9 Å². The van der Waals surface area contributed by atoms with Crippen molar-refractivity contribution in [3.63, 3.8) is 0 Å². The van der Waals surface area contributed by atoms with E-state index in [1.807, 2.05) is 6.92 Å². The first kappa shape index (κ1) is 15.3. The highest BCUT2D eigenvalue weighted by Crippen LogP contribution is 2.31. The Bertz CT molecular complexity index is 366. The molecule has 20 heavy (non-hydrogen) atoms. The van der Waals surface area contributed by atoms with Crippen molar-refractivity contribution in [3.05, 3.63) is 0 Å². The van der Waals surface area contributed by atoms with Crippen molar-refractivity contribution in [2.75, 3.05) is 13.7 Å². The molecule has 0 bridgehead atoms. The maximum absolute atomic E-state index is 12.4. The molecule has 1 saturated heterocycles. The lowest BCUT2D eigenvalue weighted by molar-refractivity contribution is -0.153. The first-order chi connectivity index (χ1) is 9.54. The molecule has 3 atom stereocenters. The van der Waals surface area contributed by atoms with Crippen LogP contribution in [0.5, 0.6) is 0 Å². The summed E-state index contributed by atoms with van der Waals surface area (Å²) in [7, 11) is 1.64. The van der Waals surface area contributed by atoms with Gasteiger partial charge in [0.15, 0.2) is 0 Å². The van der Waals surface area contributed by atoms with Gasteiger partial charge in [0, 0.05) is 13.7 Å². The summed E-state index contributed by atoms with van der Waals surface area (Å²) in [5.41, 5.74) is 0.